The summed E-state index contributed by atoms with van der Waals surface area (Å²) in [4.78, 5) is 13.0. The number of hydrogen-bond acceptors (Lipinski definition) is 6. The molecule has 3 N–H and O–H groups in total. The van der Waals surface area contributed by atoms with Gasteiger partial charge in [0.25, 0.3) is 5.91 Å². The Balaban J connectivity index is 2.16. The maximum absolute atomic E-state index is 10.9. The van der Waals surface area contributed by atoms with Gasteiger partial charge in [-0.15, -0.1) is 0 Å². The van der Waals surface area contributed by atoms with Crippen molar-refractivity contribution in [3.05, 3.63) is 22.7 Å². The van der Waals surface area contributed by atoms with Gasteiger partial charge in [0.05, 0.1) is 24.8 Å². The number of carbonyl (C=O) groups excluding carboxylic acids is 1. The van der Waals surface area contributed by atoms with E-state index in [2.05, 4.69) is 4.90 Å². The normalized spacial score (nSPS) is 21.0. The summed E-state index contributed by atoms with van der Waals surface area (Å²) in [5.74, 6) is 0.129. The highest BCUT2D eigenvalue weighted by atomic mass is 35.5. The van der Waals surface area contributed by atoms with E-state index in [1.165, 1.54) is 7.11 Å². The van der Waals surface area contributed by atoms with Crippen LogP contribution in [0.1, 0.15) is 12.0 Å². The van der Waals surface area contributed by atoms with Crippen LogP contribution in [0.15, 0.2) is 12.1 Å². The molecule has 0 aromatic heterocycles. The van der Waals surface area contributed by atoms with Crippen molar-refractivity contribution in [2.45, 2.75) is 25.1 Å². The number of ether oxygens (including phenoxy) is 3. The van der Waals surface area contributed by atoms with Crippen molar-refractivity contribution in [3.8, 4) is 11.5 Å². The summed E-state index contributed by atoms with van der Waals surface area (Å²) in [6, 6.07) is 3.61. The lowest BCUT2D eigenvalue weighted by Crippen LogP contribution is -2.32. The highest BCUT2D eigenvalue weighted by Gasteiger charge is 2.31. The molecule has 1 aromatic carbocycles. The molecule has 24 heavy (non-hydrogen) atoms. The molecule has 0 radical (unpaired) electrons. The standard InChI is InChI=1S/C16H23ClN2O5/c1-22-12-5-11(8-20)19(7-12)6-10-3-13(17)16(14(4-10)23-2)24-9-15(18)21/h3-4,11-12,20H,5-9H2,1-2H3,(H2,18,21)/t11-,12+/m0/s1. The van der Waals surface area contributed by atoms with E-state index in [0.29, 0.717) is 17.3 Å². The summed E-state index contributed by atoms with van der Waals surface area (Å²) in [7, 11) is 3.17. The fourth-order valence-electron chi connectivity index (χ4n) is 2.87. The highest BCUT2D eigenvalue weighted by molar-refractivity contribution is 6.32. The smallest absolute Gasteiger partial charge is 0.255 e. The number of rotatable bonds is 8. The van der Waals surface area contributed by atoms with Crippen LogP contribution >= 0.6 is 11.6 Å². The van der Waals surface area contributed by atoms with E-state index in [9.17, 15) is 9.90 Å². The Hall–Kier alpha value is -1.54. The molecule has 1 saturated heterocycles. The third-order valence-electron chi connectivity index (χ3n) is 4.07. The number of halogens is 1. The largest absolute Gasteiger partial charge is 0.493 e. The number of amides is 1. The van der Waals surface area contributed by atoms with Crippen molar-refractivity contribution in [1.29, 1.82) is 0 Å². The lowest BCUT2D eigenvalue weighted by Gasteiger charge is -2.23. The first-order valence-corrected chi connectivity index (χ1v) is 8.01. The Morgan fingerprint density at radius 2 is 2.21 bits per heavy atom. The minimum atomic E-state index is -0.592. The van der Waals surface area contributed by atoms with Gasteiger partial charge in [0, 0.05) is 26.2 Å². The number of aliphatic hydroxyl groups is 1. The molecule has 2 atom stereocenters. The van der Waals surface area contributed by atoms with E-state index in [0.717, 1.165) is 18.5 Å². The molecule has 1 amide bonds. The monoisotopic (exact) mass is 358 g/mol. The van der Waals surface area contributed by atoms with E-state index >= 15 is 0 Å². The quantitative estimate of drug-likeness (QED) is 0.713. The SMILES string of the molecule is COc1cc(CN2C[C@H](OC)C[C@H]2CO)cc(Cl)c1OCC(N)=O. The number of methoxy groups -OCH3 is 2. The van der Waals surface area contributed by atoms with Gasteiger partial charge in [0.15, 0.2) is 18.1 Å². The van der Waals surface area contributed by atoms with Gasteiger partial charge in [-0.25, -0.2) is 0 Å². The Morgan fingerprint density at radius 3 is 2.79 bits per heavy atom. The average Bonchev–Trinajstić information content (AvgIpc) is 2.95. The van der Waals surface area contributed by atoms with Crippen LogP contribution in [0.2, 0.25) is 5.02 Å². The number of likely N-dealkylation sites (tertiary alicyclic amines) is 1. The number of nitrogens with two attached hydrogens (primary N) is 1. The molecule has 0 saturated carbocycles. The molecule has 1 fully saturated rings. The maximum Gasteiger partial charge on any atom is 0.255 e. The molecular formula is C16H23ClN2O5. The zero-order valence-corrected chi connectivity index (χ0v) is 14.6. The Bertz CT molecular complexity index is 584. The average molecular weight is 359 g/mol. The molecule has 7 nitrogen and oxygen atoms in total. The third kappa shape index (κ3) is 4.51. The number of primary amides is 1. The van der Waals surface area contributed by atoms with Crippen LogP contribution in [0, 0.1) is 0 Å². The van der Waals surface area contributed by atoms with Gasteiger partial charge in [-0.3, -0.25) is 9.69 Å². The topological polar surface area (TPSA) is 94.2 Å². The van der Waals surface area contributed by atoms with E-state index in [1.54, 1.807) is 19.2 Å². The number of hydrogen-bond donors (Lipinski definition) is 2. The first-order chi connectivity index (χ1) is 11.5. The van der Waals surface area contributed by atoms with Crippen LogP contribution in [0.5, 0.6) is 11.5 Å². The van der Waals surface area contributed by atoms with Crippen molar-refractivity contribution < 1.29 is 24.1 Å². The summed E-state index contributed by atoms with van der Waals surface area (Å²) in [6.45, 7) is 1.13. The number of nitrogens with zero attached hydrogens (tertiary/aromatic N) is 1. The Labute approximate surface area is 146 Å². The molecular weight excluding hydrogens is 336 g/mol. The Morgan fingerprint density at radius 1 is 1.46 bits per heavy atom. The second kappa shape index (κ2) is 8.53. The van der Waals surface area contributed by atoms with Crippen molar-refractivity contribution in [3.63, 3.8) is 0 Å². The molecule has 8 heteroatoms. The van der Waals surface area contributed by atoms with E-state index in [4.69, 9.17) is 31.5 Å². The molecule has 0 aliphatic carbocycles. The van der Waals surface area contributed by atoms with Crippen molar-refractivity contribution in [1.82, 2.24) is 4.90 Å². The van der Waals surface area contributed by atoms with Gasteiger partial charge >= 0.3 is 0 Å². The zero-order chi connectivity index (χ0) is 17.7. The first kappa shape index (κ1) is 18.8. The summed E-state index contributed by atoms with van der Waals surface area (Å²) >= 11 is 6.26. The summed E-state index contributed by atoms with van der Waals surface area (Å²) in [6.07, 6.45) is 0.898. The van der Waals surface area contributed by atoms with Gasteiger partial charge in [-0.2, -0.15) is 0 Å². The van der Waals surface area contributed by atoms with Gasteiger partial charge in [0.2, 0.25) is 0 Å². The third-order valence-corrected chi connectivity index (χ3v) is 4.35. The van der Waals surface area contributed by atoms with E-state index in [1.807, 2.05) is 0 Å². The number of carbonyl (C=O) groups is 1. The zero-order valence-electron chi connectivity index (χ0n) is 13.8. The molecule has 1 aliphatic heterocycles. The molecule has 1 aromatic rings. The number of aliphatic hydroxyl groups excluding tert-OH is 1. The fraction of sp³-hybridized carbons (Fsp3) is 0.562. The Kier molecular flexibility index (Phi) is 6.68. The highest BCUT2D eigenvalue weighted by Crippen LogP contribution is 2.37. The van der Waals surface area contributed by atoms with Crippen LogP contribution < -0.4 is 15.2 Å². The predicted molar refractivity (Wildman–Crippen MR) is 89.4 cm³/mol. The second-order valence-electron chi connectivity index (χ2n) is 5.72. The summed E-state index contributed by atoms with van der Waals surface area (Å²) in [5.41, 5.74) is 6.00. The minimum absolute atomic E-state index is 0.0468. The second-order valence-corrected chi connectivity index (χ2v) is 6.13. The van der Waals surface area contributed by atoms with Crippen LogP contribution in [-0.4, -0.2) is 62.0 Å². The van der Waals surface area contributed by atoms with Crippen LogP contribution in [0.4, 0.5) is 0 Å². The molecule has 0 bridgehead atoms. The summed E-state index contributed by atoms with van der Waals surface area (Å²) < 4.78 is 16.0. The minimum Gasteiger partial charge on any atom is -0.493 e. The van der Waals surface area contributed by atoms with Gasteiger partial charge in [-0.1, -0.05) is 11.6 Å². The molecule has 2 rings (SSSR count). The van der Waals surface area contributed by atoms with Crippen molar-refractivity contribution >= 4 is 17.5 Å². The predicted octanol–water partition coefficient (Wildman–Crippen LogP) is 0.794. The van der Waals surface area contributed by atoms with Crippen molar-refractivity contribution in [2.24, 2.45) is 5.73 Å². The molecule has 1 aliphatic rings. The molecule has 0 unspecified atom stereocenters. The molecule has 0 spiro atoms. The van der Waals surface area contributed by atoms with E-state index in [-0.39, 0.29) is 31.1 Å². The first-order valence-electron chi connectivity index (χ1n) is 7.63. The molecule has 134 valence electrons. The van der Waals surface area contributed by atoms with E-state index < -0.39 is 5.91 Å². The maximum atomic E-state index is 10.9. The van der Waals surface area contributed by atoms with Gasteiger partial charge < -0.3 is 25.1 Å². The van der Waals surface area contributed by atoms with Gasteiger partial charge in [-0.05, 0) is 24.1 Å². The van der Waals surface area contributed by atoms with Gasteiger partial charge in [0.1, 0.15) is 0 Å². The summed E-state index contributed by atoms with van der Waals surface area (Å²) in [5, 5.41) is 9.88. The molecule has 1 heterocycles. The number of benzene rings is 1. The van der Waals surface area contributed by atoms with Crippen LogP contribution in [0.25, 0.3) is 0 Å². The van der Waals surface area contributed by atoms with Crippen molar-refractivity contribution in [2.75, 3.05) is 34.0 Å². The lowest BCUT2D eigenvalue weighted by molar-refractivity contribution is -0.119. The van der Waals surface area contributed by atoms with Crippen LogP contribution in [-0.2, 0) is 16.1 Å². The fourth-order valence-corrected chi connectivity index (χ4v) is 3.16. The lowest BCUT2D eigenvalue weighted by atomic mass is 10.1. The van der Waals surface area contributed by atoms with Crippen LogP contribution in [0.3, 0.4) is 0 Å².